The molecule has 0 bridgehead atoms. The zero-order chi connectivity index (χ0) is 40.0. The Bertz CT molecular complexity index is 2520. The number of benzene rings is 6. The fourth-order valence-electron chi connectivity index (χ4n) is 10.7. The zero-order valence-electron chi connectivity index (χ0n) is 34.2. The molecule has 6 nitrogen and oxygen atoms in total. The van der Waals surface area contributed by atoms with Gasteiger partial charge >= 0.3 is 0 Å². The van der Waals surface area contributed by atoms with Gasteiger partial charge in [-0.3, -0.25) is 0 Å². The van der Waals surface area contributed by atoms with Gasteiger partial charge in [-0.2, -0.15) is 0 Å². The van der Waals surface area contributed by atoms with Gasteiger partial charge in [0.15, 0.2) is 0 Å². The highest BCUT2D eigenvalue weighted by molar-refractivity contribution is 6.10. The second-order valence-electron chi connectivity index (χ2n) is 17.1. The summed E-state index contributed by atoms with van der Waals surface area (Å²) in [5.74, 6) is 0.948. The van der Waals surface area contributed by atoms with Gasteiger partial charge < -0.3 is 28.8 Å². The fraction of sp³-hybridized carbons (Fsp3) is 0.321. The van der Waals surface area contributed by atoms with Gasteiger partial charge in [0.05, 0.1) is 45.6 Å². The van der Waals surface area contributed by atoms with Gasteiger partial charge in [0, 0.05) is 57.7 Å². The predicted octanol–water partition coefficient (Wildman–Crippen LogP) is 13.1. The number of hydrogen-bond acceptors (Lipinski definition) is 4. The van der Waals surface area contributed by atoms with Crippen LogP contribution >= 0.6 is 0 Å². The molecule has 2 aromatic heterocycles. The number of nitrogens with zero attached hydrogens (tertiary/aromatic N) is 2. The Balaban J connectivity index is 0.855. The molecule has 2 aliphatic rings. The van der Waals surface area contributed by atoms with E-state index in [1.54, 1.807) is 0 Å². The largest absolute Gasteiger partial charge is 0.505 e. The van der Waals surface area contributed by atoms with Crippen LogP contribution in [0.5, 0.6) is 11.5 Å². The third-order valence-corrected chi connectivity index (χ3v) is 13.3. The third kappa shape index (κ3) is 6.76. The van der Waals surface area contributed by atoms with E-state index in [0.717, 1.165) is 113 Å². The molecule has 0 radical (unpaired) electrons. The van der Waals surface area contributed by atoms with Crippen molar-refractivity contribution in [1.82, 2.24) is 9.13 Å². The van der Waals surface area contributed by atoms with Crippen molar-refractivity contribution < 1.29 is 19.7 Å². The molecule has 8 aromatic rings. The van der Waals surface area contributed by atoms with Gasteiger partial charge in [0.1, 0.15) is 11.5 Å². The number of aromatic hydroxyl groups is 2. The normalized spacial score (nSPS) is 20.0. The molecule has 4 atom stereocenters. The third-order valence-electron chi connectivity index (χ3n) is 13.3. The molecular weight excluding hydrogens is 729 g/mol. The number of hydrogen-bond donors (Lipinski definition) is 2. The predicted molar refractivity (Wildman–Crippen MR) is 241 cm³/mol. The molecule has 2 fully saturated rings. The summed E-state index contributed by atoms with van der Waals surface area (Å²) in [5, 5.41) is 29.0. The summed E-state index contributed by atoms with van der Waals surface area (Å²) in [6.45, 7) is 5.49. The van der Waals surface area contributed by atoms with E-state index in [4.69, 9.17) is 9.47 Å². The summed E-state index contributed by atoms with van der Waals surface area (Å²) >= 11 is 0. The molecule has 2 aliphatic carbocycles. The topological polar surface area (TPSA) is 68.8 Å². The van der Waals surface area contributed by atoms with Crippen LogP contribution < -0.4 is 0 Å². The van der Waals surface area contributed by atoms with E-state index in [1.165, 1.54) is 21.5 Å². The van der Waals surface area contributed by atoms with Crippen molar-refractivity contribution in [3.05, 3.63) is 144 Å². The summed E-state index contributed by atoms with van der Waals surface area (Å²) in [5.41, 5.74) is 10.3. The van der Waals surface area contributed by atoms with Crippen LogP contribution in [0, 0.1) is 13.8 Å². The van der Waals surface area contributed by atoms with Crippen molar-refractivity contribution in [3.63, 3.8) is 0 Å². The molecular formula is C53H54N2O4. The summed E-state index contributed by atoms with van der Waals surface area (Å²) < 4.78 is 17.9. The number of para-hydroxylation sites is 4. The van der Waals surface area contributed by atoms with Crippen molar-refractivity contribution in [2.75, 3.05) is 13.2 Å². The minimum Gasteiger partial charge on any atom is -0.505 e. The van der Waals surface area contributed by atoms with Crippen molar-refractivity contribution in [1.29, 1.82) is 0 Å². The average Bonchev–Trinajstić information content (AvgIpc) is 3.78. The number of ether oxygens (including phenoxy) is 2. The lowest BCUT2D eigenvalue weighted by molar-refractivity contribution is -0.0223. The molecule has 6 aromatic carbocycles. The summed E-state index contributed by atoms with van der Waals surface area (Å²) in [6.07, 6.45) is 9.32. The van der Waals surface area contributed by atoms with Crippen molar-refractivity contribution in [2.45, 2.75) is 95.7 Å². The fourth-order valence-corrected chi connectivity index (χ4v) is 10.7. The summed E-state index contributed by atoms with van der Waals surface area (Å²) in [7, 11) is 0. The molecule has 0 aliphatic heterocycles. The summed E-state index contributed by atoms with van der Waals surface area (Å²) in [6, 6.07) is 42.5. The Morgan fingerprint density at radius 1 is 0.475 bits per heavy atom. The van der Waals surface area contributed by atoms with Gasteiger partial charge in [-0.05, 0) is 93.5 Å². The average molecular weight is 783 g/mol. The lowest BCUT2D eigenvalue weighted by atomic mass is 9.80. The highest BCUT2D eigenvalue weighted by Gasteiger charge is 2.33. The second-order valence-corrected chi connectivity index (χ2v) is 17.1. The quantitative estimate of drug-likeness (QED) is 0.136. The van der Waals surface area contributed by atoms with Gasteiger partial charge in [0.25, 0.3) is 0 Å². The molecule has 4 unspecified atom stereocenters. The summed E-state index contributed by atoms with van der Waals surface area (Å²) in [4.78, 5) is 0. The number of aromatic nitrogens is 2. The van der Waals surface area contributed by atoms with Gasteiger partial charge in [-0.25, -0.2) is 0 Å². The molecule has 0 spiro atoms. The highest BCUT2D eigenvalue weighted by Crippen LogP contribution is 2.46. The smallest absolute Gasteiger partial charge is 0.143 e. The maximum atomic E-state index is 12.1. The van der Waals surface area contributed by atoms with Crippen molar-refractivity contribution >= 4 is 43.6 Å². The zero-order valence-corrected chi connectivity index (χ0v) is 34.2. The van der Waals surface area contributed by atoms with Crippen LogP contribution in [0.2, 0.25) is 0 Å². The lowest BCUT2D eigenvalue weighted by Gasteiger charge is -2.34. The Labute approximate surface area is 346 Å². The minimum absolute atomic E-state index is 0.0355. The Morgan fingerprint density at radius 2 is 0.814 bits per heavy atom. The van der Waals surface area contributed by atoms with E-state index in [0.29, 0.717) is 24.7 Å². The standard InChI is InChI=1S/C53H54N2O4/c1-34-30-42(52(56)48(32-34)54-44-22-9-3-16-36(44)37-17-4-10-23-45(37)54)40-20-7-13-26-50(40)58-28-15-29-59-51-27-14-8-21-41(51)43-31-35(2)33-49(53(43)57)55-46-24-11-5-18-38(46)39-19-6-12-25-47(39)55/h3-6,9-12,16-19,22-25,30-33,40-41,50-51,56-57H,7-8,13-15,20-21,26-29H2,1-2H3. The first-order chi connectivity index (χ1) is 29.0. The Kier molecular flexibility index (Phi) is 10.2. The molecule has 2 heterocycles. The van der Waals surface area contributed by atoms with E-state index in [1.807, 2.05) is 0 Å². The highest BCUT2D eigenvalue weighted by atomic mass is 16.5. The number of phenols is 2. The van der Waals surface area contributed by atoms with Crippen LogP contribution in [0.3, 0.4) is 0 Å². The van der Waals surface area contributed by atoms with Gasteiger partial charge in [-0.15, -0.1) is 0 Å². The number of rotatable bonds is 10. The molecule has 6 heteroatoms. The molecule has 10 rings (SSSR count). The molecule has 0 amide bonds. The second kappa shape index (κ2) is 15.9. The van der Waals surface area contributed by atoms with Crippen LogP contribution in [-0.4, -0.2) is 44.8 Å². The van der Waals surface area contributed by atoms with Crippen LogP contribution in [-0.2, 0) is 9.47 Å². The molecule has 2 N–H and O–H groups in total. The molecule has 59 heavy (non-hydrogen) atoms. The number of phenolic OH excluding ortho intramolecular Hbond substituents is 2. The number of aryl methyl sites for hydroxylation is 2. The first-order valence-electron chi connectivity index (χ1n) is 21.8. The van der Waals surface area contributed by atoms with E-state index >= 15 is 0 Å². The molecule has 300 valence electrons. The van der Waals surface area contributed by atoms with Crippen LogP contribution in [0.25, 0.3) is 55.0 Å². The molecule has 2 saturated carbocycles. The van der Waals surface area contributed by atoms with Crippen molar-refractivity contribution in [2.24, 2.45) is 0 Å². The van der Waals surface area contributed by atoms with E-state index < -0.39 is 0 Å². The Hall–Kier alpha value is -5.56. The van der Waals surface area contributed by atoms with E-state index in [-0.39, 0.29) is 24.0 Å². The number of fused-ring (bicyclic) bond motifs is 6. The van der Waals surface area contributed by atoms with Crippen LogP contribution in [0.15, 0.2) is 121 Å². The Morgan fingerprint density at radius 3 is 1.19 bits per heavy atom. The maximum Gasteiger partial charge on any atom is 0.143 e. The van der Waals surface area contributed by atoms with Crippen molar-refractivity contribution in [3.8, 4) is 22.9 Å². The van der Waals surface area contributed by atoms with E-state index in [2.05, 4.69) is 144 Å². The first kappa shape index (κ1) is 37.7. The monoisotopic (exact) mass is 782 g/mol. The van der Waals surface area contributed by atoms with E-state index in [9.17, 15) is 10.2 Å². The lowest BCUT2D eigenvalue weighted by Crippen LogP contribution is -2.28. The van der Waals surface area contributed by atoms with Crippen LogP contribution in [0.1, 0.15) is 91.9 Å². The van der Waals surface area contributed by atoms with Gasteiger partial charge in [0.2, 0.25) is 0 Å². The molecule has 0 saturated heterocycles. The van der Waals surface area contributed by atoms with Gasteiger partial charge in [-0.1, -0.05) is 111 Å². The SMILES string of the molecule is Cc1cc(C2CCCCC2OCCCOC2CCCCC2c2cc(C)cc(-n3c4ccccc4c4ccccc43)c2O)c(O)c(-n2c3ccccc3c3ccccc32)c1. The van der Waals surface area contributed by atoms with Crippen LogP contribution in [0.4, 0.5) is 0 Å². The minimum atomic E-state index is 0.0355. The first-order valence-corrected chi connectivity index (χ1v) is 21.8. The maximum absolute atomic E-state index is 12.1.